The maximum atomic E-state index is 12.8. The van der Waals surface area contributed by atoms with Crippen molar-refractivity contribution in [1.29, 1.82) is 0 Å². The molecule has 0 radical (unpaired) electrons. The lowest BCUT2D eigenvalue weighted by molar-refractivity contribution is -0.137. The summed E-state index contributed by atoms with van der Waals surface area (Å²) < 4.78 is 0. The third-order valence-corrected chi connectivity index (χ3v) is 5.14. The lowest BCUT2D eigenvalue weighted by Crippen LogP contribution is -2.32. The Morgan fingerprint density at radius 1 is 0.906 bits per heavy atom. The molecule has 0 aliphatic rings. The Kier molecular flexibility index (Phi) is 9.12. The summed E-state index contributed by atoms with van der Waals surface area (Å²) in [5, 5.41) is 15.1. The van der Waals surface area contributed by atoms with Crippen molar-refractivity contribution in [2.45, 2.75) is 53.9 Å². The highest BCUT2D eigenvalue weighted by atomic mass is 16.4. The number of hydrogen-bond donors (Lipinski definition) is 3. The van der Waals surface area contributed by atoms with E-state index >= 15 is 0 Å². The molecule has 0 aliphatic carbocycles. The smallest absolute Gasteiger partial charge is 0.323 e. The molecular weight excluding hydrogens is 402 g/mol. The first-order chi connectivity index (χ1) is 15.0. The fraction of sp³-hybridized carbons (Fsp3) is 0.462. The van der Waals surface area contributed by atoms with Crippen molar-refractivity contribution in [3.05, 3.63) is 53.6 Å². The monoisotopic (exact) mass is 439 g/mol. The number of anilines is 3. The van der Waals surface area contributed by atoms with E-state index in [1.165, 1.54) is 0 Å². The maximum absolute atomic E-state index is 12.8. The number of urea groups is 1. The van der Waals surface area contributed by atoms with Gasteiger partial charge in [0.15, 0.2) is 0 Å². The molecule has 0 fully saturated rings. The lowest BCUT2D eigenvalue weighted by Gasteiger charge is -2.31. The van der Waals surface area contributed by atoms with Gasteiger partial charge in [-0.3, -0.25) is 4.79 Å². The molecule has 3 N–H and O–H groups in total. The molecule has 174 valence electrons. The van der Waals surface area contributed by atoms with Crippen LogP contribution in [0.25, 0.3) is 0 Å². The molecular formula is C26H37N3O3. The zero-order valence-corrected chi connectivity index (χ0v) is 20.1. The molecule has 2 aromatic carbocycles. The molecule has 0 bridgehead atoms. The number of benzene rings is 2. The van der Waals surface area contributed by atoms with Gasteiger partial charge in [-0.1, -0.05) is 58.4 Å². The average molecular weight is 440 g/mol. The van der Waals surface area contributed by atoms with Gasteiger partial charge in [0.2, 0.25) is 0 Å². The van der Waals surface area contributed by atoms with Crippen LogP contribution in [0.15, 0.2) is 42.5 Å². The van der Waals surface area contributed by atoms with E-state index in [1.807, 2.05) is 56.3 Å². The van der Waals surface area contributed by atoms with Crippen molar-refractivity contribution in [3.63, 3.8) is 0 Å². The summed E-state index contributed by atoms with van der Waals surface area (Å²) in [5.41, 5.74) is 4.35. The summed E-state index contributed by atoms with van der Waals surface area (Å²) in [6, 6.07) is 13.2. The molecule has 0 aliphatic heterocycles. The van der Waals surface area contributed by atoms with Crippen LogP contribution in [-0.4, -0.2) is 30.2 Å². The van der Waals surface area contributed by atoms with Gasteiger partial charge in [0.25, 0.3) is 0 Å². The van der Waals surface area contributed by atoms with Crippen LogP contribution in [0.3, 0.4) is 0 Å². The molecule has 2 aromatic rings. The topological polar surface area (TPSA) is 81.7 Å². The number of nitrogens with zero attached hydrogens (tertiary/aromatic N) is 1. The van der Waals surface area contributed by atoms with Crippen LogP contribution in [0.4, 0.5) is 21.9 Å². The van der Waals surface area contributed by atoms with Gasteiger partial charge in [0.1, 0.15) is 0 Å². The minimum atomic E-state index is -0.838. The van der Waals surface area contributed by atoms with Crippen molar-refractivity contribution >= 4 is 29.1 Å². The van der Waals surface area contributed by atoms with Crippen LogP contribution in [-0.2, 0) is 4.79 Å². The second kappa shape index (κ2) is 11.6. The van der Waals surface area contributed by atoms with Crippen molar-refractivity contribution in [1.82, 2.24) is 0 Å². The summed E-state index contributed by atoms with van der Waals surface area (Å²) in [7, 11) is 0. The number of carbonyl (C=O) groups excluding carboxylic acids is 1. The van der Waals surface area contributed by atoms with E-state index in [0.29, 0.717) is 23.2 Å². The number of amides is 2. The predicted octanol–water partition coefficient (Wildman–Crippen LogP) is 6.34. The minimum Gasteiger partial charge on any atom is -0.481 e. The van der Waals surface area contributed by atoms with E-state index in [9.17, 15) is 14.7 Å². The second-order valence-corrected chi connectivity index (χ2v) is 9.41. The fourth-order valence-electron chi connectivity index (χ4n) is 3.69. The molecule has 2 rings (SSSR count). The van der Waals surface area contributed by atoms with Gasteiger partial charge in [-0.25, -0.2) is 4.79 Å². The van der Waals surface area contributed by atoms with E-state index in [2.05, 4.69) is 43.2 Å². The normalized spacial score (nSPS) is 12.0. The summed E-state index contributed by atoms with van der Waals surface area (Å²) >= 11 is 0. The van der Waals surface area contributed by atoms with Gasteiger partial charge < -0.3 is 20.6 Å². The molecule has 2 amide bonds. The SMILES string of the molecule is Cc1ccc(NC(=O)Nc2cc([C@H](C)CC(=O)O)ccc2N(CC(C)C)CC(C)C)cc1. The number of aliphatic carboxylic acids is 1. The zero-order valence-electron chi connectivity index (χ0n) is 20.1. The van der Waals surface area contributed by atoms with Gasteiger partial charge in [-0.2, -0.15) is 0 Å². The molecule has 0 heterocycles. The quantitative estimate of drug-likeness (QED) is 0.404. The molecule has 0 spiro atoms. The number of rotatable bonds is 10. The standard InChI is InChI=1S/C26H37N3O3/c1-17(2)15-29(16-18(3)4)24-12-9-21(20(6)13-25(30)31)14-23(24)28-26(32)27-22-10-7-19(5)8-11-22/h7-12,14,17-18,20H,13,15-16H2,1-6H3,(H,30,31)(H2,27,28,32)/t20-/m1/s1. The molecule has 1 atom stereocenters. The number of hydrogen-bond acceptors (Lipinski definition) is 3. The van der Waals surface area contributed by atoms with Gasteiger partial charge in [0.05, 0.1) is 17.8 Å². The van der Waals surface area contributed by atoms with Crippen molar-refractivity contribution in [2.75, 3.05) is 28.6 Å². The van der Waals surface area contributed by atoms with Crippen molar-refractivity contribution in [2.24, 2.45) is 11.8 Å². The average Bonchev–Trinajstić information content (AvgIpc) is 2.68. The van der Waals surface area contributed by atoms with Crippen LogP contribution in [0, 0.1) is 18.8 Å². The van der Waals surface area contributed by atoms with Crippen molar-refractivity contribution in [3.8, 4) is 0 Å². The van der Waals surface area contributed by atoms with E-state index in [4.69, 9.17) is 0 Å². The van der Waals surface area contributed by atoms with E-state index in [1.54, 1.807) is 0 Å². The first kappa shape index (κ1) is 25.2. The summed E-state index contributed by atoms with van der Waals surface area (Å²) in [6.07, 6.45) is 0.0377. The molecule has 0 saturated heterocycles. The van der Waals surface area contributed by atoms with E-state index < -0.39 is 5.97 Å². The van der Waals surface area contributed by atoms with Gasteiger partial charge in [0, 0.05) is 18.8 Å². The Morgan fingerprint density at radius 3 is 2.03 bits per heavy atom. The van der Waals surface area contributed by atoms with Crippen LogP contribution < -0.4 is 15.5 Å². The summed E-state index contributed by atoms with van der Waals surface area (Å²) in [5.74, 6) is -0.0949. The molecule has 0 aromatic heterocycles. The van der Waals surface area contributed by atoms with Gasteiger partial charge >= 0.3 is 12.0 Å². The number of carboxylic acid groups (broad SMARTS) is 1. The molecule has 0 unspecified atom stereocenters. The molecule has 6 nitrogen and oxygen atoms in total. The highest BCUT2D eigenvalue weighted by Crippen LogP contribution is 2.32. The van der Waals surface area contributed by atoms with E-state index in [0.717, 1.165) is 29.9 Å². The number of nitrogens with one attached hydrogen (secondary N) is 2. The third-order valence-electron chi connectivity index (χ3n) is 5.14. The number of aryl methyl sites for hydroxylation is 1. The van der Waals surface area contributed by atoms with Crippen LogP contribution in [0.2, 0.25) is 0 Å². The Balaban J connectivity index is 2.37. The highest BCUT2D eigenvalue weighted by molar-refractivity contribution is 6.02. The highest BCUT2D eigenvalue weighted by Gasteiger charge is 2.19. The zero-order chi connectivity index (χ0) is 23.8. The summed E-state index contributed by atoms with van der Waals surface area (Å²) in [6.45, 7) is 14.3. The van der Waals surface area contributed by atoms with Crippen molar-refractivity contribution < 1.29 is 14.7 Å². The Hall–Kier alpha value is -3.02. The Bertz CT molecular complexity index is 897. The van der Waals surface area contributed by atoms with Crippen LogP contribution in [0.5, 0.6) is 0 Å². The minimum absolute atomic E-state index is 0.0377. The lowest BCUT2D eigenvalue weighted by atomic mass is 9.96. The molecule has 6 heteroatoms. The van der Waals surface area contributed by atoms with E-state index in [-0.39, 0.29) is 18.4 Å². The predicted molar refractivity (Wildman–Crippen MR) is 133 cm³/mol. The third kappa shape index (κ3) is 7.91. The number of carbonyl (C=O) groups is 2. The summed E-state index contributed by atoms with van der Waals surface area (Å²) in [4.78, 5) is 26.3. The van der Waals surface area contributed by atoms with Gasteiger partial charge in [-0.05, 0) is 54.5 Å². The largest absolute Gasteiger partial charge is 0.481 e. The number of carboxylic acids is 1. The van der Waals surface area contributed by atoms with Gasteiger partial charge in [-0.15, -0.1) is 0 Å². The maximum Gasteiger partial charge on any atom is 0.323 e. The Morgan fingerprint density at radius 2 is 1.50 bits per heavy atom. The van der Waals surface area contributed by atoms with Crippen LogP contribution >= 0.6 is 0 Å². The second-order valence-electron chi connectivity index (χ2n) is 9.41. The molecule has 32 heavy (non-hydrogen) atoms. The van der Waals surface area contributed by atoms with Crippen LogP contribution in [0.1, 0.15) is 58.1 Å². The first-order valence-corrected chi connectivity index (χ1v) is 11.3. The molecule has 0 saturated carbocycles. The fourth-order valence-corrected chi connectivity index (χ4v) is 3.69. The Labute approximate surface area is 192 Å². The first-order valence-electron chi connectivity index (χ1n) is 11.3.